The van der Waals surface area contributed by atoms with Crippen LogP contribution in [-0.4, -0.2) is 19.5 Å². The molecule has 266 valence electrons. The molecule has 0 aliphatic rings. The number of hydrogen-bond acceptors (Lipinski definition) is 3. The number of benzene rings is 9. The first kappa shape index (κ1) is 32.7. The molecule has 2 heterocycles. The molecule has 0 spiro atoms. The minimum atomic E-state index is 0.620. The van der Waals surface area contributed by atoms with E-state index in [9.17, 15) is 0 Å². The van der Waals surface area contributed by atoms with E-state index < -0.39 is 0 Å². The molecule has 0 radical (unpaired) electrons. The topological polar surface area (TPSA) is 43.6 Å². The van der Waals surface area contributed by atoms with Gasteiger partial charge >= 0.3 is 0 Å². The van der Waals surface area contributed by atoms with Gasteiger partial charge in [0, 0.05) is 38.5 Å². The molecule has 0 aliphatic carbocycles. The van der Waals surface area contributed by atoms with Gasteiger partial charge in [-0.15, -0.1) is 0 Å². The van der Waals surface area contributed by atoms with Gasteiger partial charge in [0.25, 0.3) is 0 Å². The van der Waals surface area contributed by atoms with Crippen LogP contribution in [0.3, 0.4) is 0 Å². The largest absolute Gasteiger partial charge is 0.309 e. The lowest BCUT2D eigenvalue weighted by Gasteiger charge is -2.13. The van der Waals surface area contributed by atoms with Crippen molar-refractivity contribution in [2.24, 2.45) is 0 Å². The van der Waals surface area contributed by atoms with Crippen molar-refractivity contribution in [2.45, 2.75) is 0 Å². The van der Waals surface area contributed by atoms with Gasteiger partial charge in [0.1, 0.15) is 0 Å². The molecule has 4 nitrogen and oxygen atoms in total. The fraction of sp³-hybridized carbons (Fsp3) is 0. The van der Waals surface area contributed by atoms with Crippen LogP contribution >= 0.6 is 0 Å². The minimum absolute atomic E-state index is 0.620. The van der Waals surface area contributed by atoms with E-state index in [4.69, 9.17) is 15.0 Å². The summed E-state index contributed by atoms with van der Waals surface area (Å²) in [6, 6.07) is 72.9. The normalized spacial score (nSPS) is 11.5. The molecule has 11 rings (SSSR count). The van der Waals surface area contributed by atoms with E-state index in [1.54, 1.807) is 0 Å². The highest BCUT2D eigenvalue weighted by atomic mass is 15.0. The van der Waals surface area contributed by atoms with Gasteiger partial charge in [-0.2, -0.15) is 0 Å². The van der Waals surface area contributed by atoms with E-state index in [0.29, 0.717) is 17.5 Å². The first-order valence-corrected chi connectivity index (χ1v) is 19.3. The Kier molecular flexibility index (Phi) is 7.78. The number of aromatic nitrogens is 4. The highest BCUT2D eigenvalue weighted by Crippen LogP contribution is 2.41. The summed E-state index contributed by atoms with van der Waals surface area (Å²) in [6.45, 7) is 0. The van der Waals surface area contributed by atoms with Crippen LogP contribution in [0.2, 0.25) is 0 Å². The lowest BCUT2D eigenvalue weighted by molar-refractivity contribution is 1.07. The molecule has 0 N–H and O–H groups in total. The van der Waals surface area contributed by atoms with Crippen molar-refractivity contribution in [1.82, 2.24) is 19.5 Å². The Hall–Kier alpha value is -7.69. The van der Waals surface area contributed by atoms with Crippen molar-refractivity contribution in [2.75, 3.05) is 0 Å². The first-order chi connectivity index (χ1) is 28.2. The monoisotopic (exact) mass is 726 g/mol. The first-order valence-electron chi connectivity index (χ1n) is 19.3. The Bertz CT molecular complexity index is 3280. The second kappa shape index (κ2) is 13.6. The summed E-state index contributed by atoms with van der Waals surface area (Å²) in [5.74, 6) is 1.88. The molecule has 0 saturated carbocycles. The van der Waals surface area contributed by atoms with Gasteiger partial charge in [-0.05, 0) is 62.7 Å². The van der Waals surface area contributed by atoms with Crippen LogP contribution in [0, 0.1) is 0 Å². The SMILES string of the molecule is c1ccc(-c2nc(-c3ccc(-c4ccc5ccccc5c4)cc3)nc(-c3cccc(-n4c5cccc(-c6ccccc6)c5c5ccc6ccccc6c54)c3)n2)cc1. The van der Waals surface area contributed by atoms with Gasteiger partial charge in [-0.3, -0.25) is 0 Å². The molecule has 9 aromatic carbocycles. The number of nitrogens with zero attached hydrogens (tertiary/aromatic N) is 4. The van der Waals surface area contributed by atoms with Crippen LogP contribution in [0.15, 0.2) is 206 Å². The van der Waals surface area contributed by atoms with Gasteiger partial charge in [0.2, 0.25) is 0 Å². The Labute approximate surface area is 330 Å². The predicted molar refractivity (Wildman–Crippen MR) is 236 cm³/mol. The third-order valence-corrected chi connectivity index (χ3v) is 11.0. The zero-order valence-corrected chi connectivity index (χ0v) is 30.9. The number of rotatable bonds is 6. The fourth-order valence-corrected chi connectivity index (χ4v) is 8.27. The third-order valence-electron chi connectivity index (χ3n) is 11.0. The Balaban J connectivity index is 1.08. The van der Waals surface area contributed by atoms with Crippen LogP contribution in [0.25, 0.3) is 105 Å². The standard InChI is InChI=1S/C53H34N4/c1-3-14-37(15-4-1)45-23-12-24-48-49(45)47-32-31-38-16-9-10-22-46(38)50(47)57(48)44-21-11-20-43(34-44)53-55-51(39-17-5-2-6-18-39)54-52(56-53)40-28-25-36(26-29-40)42-30-27-35-13-7-8-19-41(35)33-42/h1-34H. The van der Waals surface area contributed by atoms with E-state index in [0.717, 1.165) is 33.5 Å². The molecule has 0 aliphatic heterocycles. The molecule has 0 fully saturated rings. The van der Waals surface area contributed by atoms with E-state index in [2.05, 4.69) is 193 Å². The summed E-state index contributed by atoms with van der Waals surface area (Å²) in [7, 11) is 0. The van der Waals surface area contributed by atoms with Crippen molar-refractivity contribution in [3.05, 3.63) is 206 Å². The van der Waals surface area contributed by atoms with Crippen molar-refractivity contribution in [3.63, 3.8) is 0 Å². The Morgan fingerprint density at radius 1 is 0.316 bits per heavy atom. The highest BCUT2D eigenvalue weighted by molar-refractivity contribution is 6.22. The molecule has 0 amide bonds. The van der Waals surface area contributed by atoms with Crippen LogP contribution in [0.4, 0.5) is 0 Å². The van der Waals surface area contributed by atoms with Crippen LogP contribution in [0.5, 0.6) is 0 Å². The maximum atomic E-state index is 5.16. The Morgan fingerprint density at radius 3 is 1.65 bits per heavy atom. The molecule has 0 atom stereocenters. The van der Waals surface area contributed by atoms with E-state index >= 15 is 0 Å². The van der Waals surface area contributed by atoms with Crippen molar-refractivity contribution >= 4 is 43.4 Å². The Morgan fingerprint density at radius 2 is 0.877 bits per heavy atom. The van der Waals surface area contributed by atoms with Gasteiger partial charge in [-0.25, -0.2) is 15.0 Å². The summed E-state index contributed by atoms with van der Waals surface area (Å²) in [5, 5.41) is 7.31. The zero-order valence-electron chi connectivity index (χ0n) is 30.9. The quantitative estimate of drug-likeness (QED) is 0.171. The molecule has 0 bridgehead atoms. The lowest BCUT2D eigenvalue weighted by Crippen LogP contribution is -2.01. The van der Waals surface area contributed by atoms with Gasteiger partial charge in [-0.1, -0.05) is 182 Å². The fourth-order valence-electron chi connectivity index (χ4n) is 8.27. The van der Waals surface area contributed by atoms with Crippen molar-refractivity contribution < 1.29 is 0 Å². The molecule has 2 aromatic heterocycles. The second-order valence-corrected chi connectivity index (χ2v) is 14.4. The predicted octanol–water partition coefficient (Wildman–Crippen LogP) is 13.6. The molecule has 57 heavy (non-hydrogen) atoms. The van der Waals surface area contributed by atoms with Crippen molar-refractivity contribution in [3.8, 4) is 62.1 Å². The maximum Gasteiger partial charge on any atom is 0.164 e. The van der Waals surface area contributed by atoms with Crippen LogP contribution in [0.1, 0.15) is 0 Å². The zero-order chi connectivity index (χ0) is 37.7. The van der Waals surface area contributed by atoms with Gasteiger partial charge < -0.3 is 4.57 Å². The number of fused-ring (bicyclic) bond motifs is 6. The van der Waals surface area contributed by atoms with Crippen LogP contribution in [-0.2, 0) is 0 Å². The van der Waals surface area contributed by atoms with E-state index in [1.165, 1.54) is 54.5 Å². The summed E-state index contributed by atoms with van der Waals surface area (Å²) < 4.78 is 2.41. The highest BCUT2D eigenvalue weighted by Gasteiger charge is 2.19. The van der Waals surface area contributed by atoms with Gasteiger partial charge in [0.05, 0.1) is 11.0 Å². The minimum Gasteiger partial charge on any atom is -0.309 e. The number of hydrogen-bond donors (Lipinski definition) is 0. The lowest BCUT2D eigenvalue weighted by atomic mass is 9.98. The smallest absolute Gasteiger partial charge is 0.164 e. The molecule has 0 unspecified atom stereocenters. The van der Waals surface area contributed by atoms with E-state index in [-0.39, 0.29) is 0 Å². The van der Waals surface area contributed by atoms with E-state index in [1.807, 2.05) is 18.2 Å². The molecule has 11 aromatic rings. The maximum absolute atomic E-state index is 5.16. The van der Waals surface area contributed by atoms with Gasteiger partial charge in [0.15, 0.2) is 17.5 Å². The third kappa shape index (κ3) is 5.74. The average Bonchev–Trinajstić information content (AvgIpc) is 3.65. The summed E-state index contributed by atoms with van der Waals surface area (Å²) in [4.78, 5) is 15.3. The average molecular weight is 727 g/mol. The second-order valence-electron chi connectivity index (χ2n) is 14.4. The molecular weight excluding hydrogens is 693 g/mol. The van der Waals surface area contributed by atoms with Crippen molar-refractivity contribution in [1.29, 1.82) is 0 Å². The molecular formula is C53H34N4. The summed E-state index contributed by atoms with van der Waals surface area (Å²) in [5.41, 5.74) is 10.9. The van der Waals surface area contributed by atoms with Crippen LogP contribution < -0.4 is 0 Å². The summed E-state index contributed by atoms with van der Waals surface area (Å²) >= 11 is 0. The molecule has 0 saturated heterocycles. The summed E-state index contributed by atoms with van der Waals surface area (Å²) in [6.07, 6.45) is 0. The molecule has 4 heteroatoms.